The van der Waals surface area contributed by atoms with E-state index < -0.39 is 31.0 Å². The average Bonchev–Trinajstić information content (AvgIpc) is 2.12. The molecule has 0 rings (SSSR count). The zero-order valence-electron chi connectivity index (χ0n) is 8.95. The molecule has 0 saturated heterocycles. The number of aliphatic hydroxyl groups is 5. The summed E-state index contributed by atoms with van der Waals surface area (Å²) in [4.78, 5) is 9.90. The first-order valence-corrected chi connectivity index (χ1v) is 3.33. The van der Waals surface area contributed by atoms with Crippen molar-refractivity contribution in [3.63, 3.8) is 0 Å². The molecule has 0 aliphatic heterocycles. The predicted molar refractivity (Wildman–Crippen MR) is 45.2 cm³/mol. The number of carbonyl (C=O) groups is 1. The Morgan fingerprint density at radius 1 is 1.15 bits per heavy atom. The number of aldehydes is 1. The Morgan fingerprint density at radius 2 is 1.62 bits per heavy atom. The summed E-state index contributed by atoms with van der Waals surface area (Å²) in [5.74, 6) is 0. The Labute approximate surface area is 108 Å². The second kappa shape index (κ2) is 8.07. The maximum atomic E-state index is 9.90. The zero-order chi connectivity index (χ0) is 9.72. The molecule has 0 heterocycles. The molecule has 13 heavy (non-hydrogen) atoms. The van der Waals surface area contributed by atoms with Gasteiger partial charge in [0, 0.05) is 0 Å². The molecule has 5 N–H and O–H groups in total. The molecule has 0 bridgehead atoms. The maximum absolute atomic E-state index is 9.90. The Balaban J connectivity index is -0.000000202. The first-order valence-electron chi connectivity index (χ1n) is 3.33. The molecule has 0 aromatic heterocycles. The minimum Gasteiger partial charge on any atom is -1.00 e. The van der Waals surface area contributed by atoms with Crippen molar-refractivity contribution in [1.82, 2.24) is 0 Å². The Morgan fingerprint density at radius 3 is 1.92 bits per heavy atom. The molecule has 4 unspecified atom stereocenters. The Kier molecular flexibility index (Phi) is 10.0. The molecule has 0 amide bonds. The molecule has 0 spiro atoms. The van der Waals surface area contributed by atoms with Crippen LogP contribution in [-0.4, -0.2) is 101 Å². The van der Waals surface area contributed by atoms with Crippen molar-refractivity contribution in [3.8, 4) is 0 Å². The quantitative estimate of drug-likeness (QED) is 0.243. The van der Waals surface area contributed by atoms with Gasteiger partial charge in [0.05, 0.1) is 6.61 Å². The van der Waals surface area contributed by atoms with E-state index in [0.717, 1.165) is 0 Å². The monoisotopic (exact) mass is 222 g/mol. The summed E-state index contributed by atoms with van der Waals surface area (Å²) in [6.45, 7) is -0.760. The first-order chi connectivity index (χ1) is 5.54. The van der Waals surface area contributed by atoms with Crippen molar-refractivity contribution >= 4 is 44.0 Å². The summed E-state index contributed by atoms with van der Waals surface area (Å²) in [5.41, 5.74) is 0. The van der Waals surface area contributed by atoms with Crippen LogP contribution in [0.1, 0.15) is 2.85 Å². The summed E-state index contributed by atoms with van der Waals surface area (Å²) in [6.07, 6.45) is -6.84. The van der Waals surface area contributed by atoms with E-state index in [9.17, 15) is 4.79 Å². The van der Waals surface area contributed by atoms with Gasteiger partial charge in [-0.25, -0.2) is 0 Å². The van der Waals surface area contributed by atoms with Gasteiger partial charge in [-0.15, -0.1) is 0 Å². The van der Waals surface area contributed by atoms with Crippen LogP contribution in [0, 0.1) is 0 Å². The summed E-state index contributed by atoms with van der Waals surface area (Å²) in [6, 6.07) is 0. The first kappa shape index (κ1) is 16.2. The SMILES string of the molecule is O=CC(O)C(O)C(O)C(O)CO.[Ca+2].[H-].[H-]. The van der Waals surface area contributed by atoms with Gasteiger partial charge in [0.15, 0.2) is 6.29 Å². The molecule has 76 valence electrons. The van der Waals surface area contributed by atoms with E-state index in [-0.39, 0.29) is 46.9 Å². The van der Waals surface area contributed by atoms with Crippen LogP contribution in [0.3, 0.4) is 0 Å². The maximum Gasteiger partial charge on any atom is 2.00 e. The van der Waals surface area contributed by atoms with Gasteiger partial charge in [-0.1, -0.05) is 0 Å². The van der Waals surface area contributed by atoms with Crippen LogP contribution in [-0.2, 0) is 4.79 Å². The second-order valence-corrected chi connectivity index (χ2v) is 2.36. The molecule has 0 fully saturated rings. The molecule has 0 aliphatic rings. The van der Waals surface area contributed by atoms with Gasteiger partial charge in [-0.3, -0.25) is 0 Å². The van der Waals surface area contributed by atoms with Crippen LogP contribution in [0.2, 0.25) is 0 Å². The normalized spacial score (nSPS) is 19.5. The molecule has 7 heteroatoms. The van der Waals surface area contributed by atoms with Crippen molar-refractivity contribution in [2.24, 2.45) is 0 Å². The average molecular weight is 222 g/mol. The largest absolute Gasteiger partial charge is 2.00 e. The second-order valence-electron chi connectivity index (χ2n) is 2.36. The third-order valence-electron chi connectivity index (χ3n) is 1.42. The van der Waals surface area contributed by atoms with E-state index in [0.29, 0.717) is 0 Å². The third-order valence-corrected chi connectivity index (χ3v) is 1.42. The van der Waals surface area contributed by atoms with E-state index in [1.165, 1.54) is 0 Å². The number of hydrogen-bond acceptors (Lipinski definition) is 6. The Bertz CT molecular complexity index is 152. The minimum absolute atomic E-state index is 0. The van der Waals surface area contributed by atoms with Crippen molar-refractivity contribution in [2.45, 2.75) is 24.4 Å². The minimum atomic E-state index is -1.79. The number of carbonyl (C=O) groups excluding carboxylic acids is 1. The zero-order valence-corrected chi connectivity index (χ0v) is 9.15. The molecule has 6 nitrogen and oxygen atoms in total. The van der Waals surface area contributed by atoms with Gasteiger partial charge in [-0.05, 0) is 0 Å². The van der Waals surface area contributed by atoms with Gasteiger partial charge in [0.2, 0.25) is 0 Å². The molecular weight excluding hydrogens is 208 g/mol. The summed E-state index contributed by atoms with van der Waals surface area (Å²) < 4.78 is 0. The van der Waals surface area contributed by atoms with Crippen LogP contribution < -0.4 is 0 Å². The van der Waals surface area contributed by atoms with Gasteiger partial charge in [-0.2, -0.15) is 0 Å². The van der Waals surface area contributed by atoms with Crippen molar-refractivity contribution in [3.05, 3.63) is 0 Å². The summed E-state index contributed by atoms with van der Waals surface area (Å²) in [7, 11) is 0. The summed E-state index contributed by atoms with van der Waals surface area (Å²) >= 11 is 0. The third kappa shape index (κ3) is 5.24. The molecule has 0 aromatic carbocycles. The fourth-order valence-electron chi connectivity index (χ4n) is 0.618. The molecule has 0 saturated carbocycles. The topological polar surface area (TPSA) is 118 Å². The van der Waals surface area contributed by atoms with E-state index in [4.69, 9.17) is 25.5 Å². The van der Waals surface area contributed by atoms with Gasteiger partial charge >= 0.3 is 37.7 Å². The number of rotatable bonds is 5. The molecule has 4 atom stereocenters. The van der Waals surface area contributed by atoms with Crippen molar-refractivity contribution < 1.29 is 33.2 Å². The van der Waals surface area contributed by atoms with E-state index in [1.54, 1.807) is 0 Å². The smallest absolute Gasteiger partial charge is 1.00 e. The van der Waals surface area contributed by atoms with Gasteiger partial charge < -0.3 is 33.2 Å². The Hall–Kier alpha value is 0.730. The van der Waals surface area contributed by atoms with Crippen LogP contribution >= 0.6 is 0 Å². The van der Waals surface area contributed by atoms with Crippen molar-refractivity contribution in [1.29, 1.82) is 0 Å². The van der Waals surface area contributed by atoms with Gasteiger partial charge in [0.1, 0.15) is 24.4 Å². The standard InChI is InChI=1S/C6H12O6.Ca.2H/c7-1-3(9)5(11)6(12)4(10)2-8;;;/h1,3-6,8-12H,2H2;;;/q;+2;2*-1. The molecule has 0 aliphatic carbocycles. The summed E-state index contributed by atoms with van der Waals surface area (Å²) in [5, 5.41) is 43.5. The van der Waals surface area contributed by atoms with Crippen LogP contribution in [0.25, 0.3) is 0 Å². The number of hydrogen-bond donors (Lipinski definition) is 5. The van der Waals surface area contributed by atoms with Gasteiger partial charge in [0.25, 0.3) is 0 Å². The molecular formula is C6H14CaO6. The van der Waals surface area contributed by atoms with Crippen LogP contribution in [0.15, 0.2) is 0 Å². The molecule has 0 radical (unpaired) electrons. The predicted octanol–water partition coefficient (Wildman–Crippen LogP) is -3.53. The van der Waals surface area contributed by atoms with E-state index in [1.807, 2.05) is 0 Å². The number of aliphatic hydroxyl groups excluding tert-OH is 5. The van der Waals surface area contributed by atoms with Crippen LogP contribution in [0.5, 0.6) is 0 Å². The van der Waals surface area contributed by atoms with E-state index in [2.05, 4.69) is 0 Å². The van der Waals surface area contributed by atoms with Crippen molar-refractivity contribution in [2.75, 3.05) is 6.61 Å². The molecule has 0 aromatic rings. The van der Waals surface area contributed by atoms with Crippen LogP contribution in [0.4, 0.5) is 0 Å². The fourth-order valence-corrected chi connectivity index (χ4v) is 0.618. The fraction of sp³-hybridized carbons (Fsp3) is 0.833. The van der Waals surface area contributed by atoms with E-state index >= 15 is 0 Å².